The van der Waals surface area contributed by atoms with Crippen LogP contribution in [0.15, 0.2) is 47.4 Å². The Bertz CT molecular complexity index is 1250. The number of fused-ring (bicyclic) bond motifs is 1. The first kappa shape index (κ1) is 26.1. The van der Waals surface area contributed by atoms with E-state index in [1.54, 1.807) is 11.0 Å². The van der Waals surface area contributed by atoms with Crippen LogP contribution in [-0.4, -0.2) is 40.0 Å². The molecule has 4 rings (SSSR count). The molecule has 8 heteroatoms. The van der Waals surface area contributed by atoms with Crippen molar-refractivity contribution in [3.05, 3.63) is 64.1 Å². The van der Waals surface area contributed by atoms with Crippen molar-refractivity contribution in [1.29, 1.82) is 0 Å². The molecule has 36 heavy (non-hydrogen) atoms. The zero-order chi connectivity index (χ0) is 25.8. The van der Waals surface area contributed by atoms with E-state index in [-0.39, 0.29) is 24.3 Å². The van der Waals surface area contributed by atoms with Crippen molar-refractivity contribution in [2.24, 2.45) is 0 Å². The minimum Gasteiger partial charge on any atom is -0.324 e. The first-order chi connectivity index (χ1) is 17.3. The average molecular weight is 522 g/mol. The maximum Gasteiger partial charge on any atom is 0.267 e. The first-order valence-corrected chi connectivity index (χ1v) is 13.6. The Morgan fingerprint density at radius 2 is 1.72 bits per heavy atom. The minimum absolute atomic E-state index is 0.148. The zero-order valence-corrected chi connectivity index (χ0v) is 22.6. The van der Waals surface area contributed by atoms with Crippen LogP contribution in [0.25, 0.3) is 5.57 Å². The molecule has 2 aromatic carbocycles. The number of amides is 3. The van der Waals surface area contributed by atoms with Crippen LogP contribution in [0.1, 0.15) is 55.7 Å². The summed E-state index contributed by atoms with van der Waals surface area (Å²) < 4.78 is 0.481. The van der Waals surface area contributed by atoms with Gasteiger partial charge >= 0.3 is 0 Å². The number of unbranched alkanes of at least 4 members (excludes halogenated alkanes) is 4. The van der Waals surface area contributed by atoms with Crippen LogP contribution >= 0.6 is 24.0 Å². The number of carbonyl (C=O) groups excluding carboxylic acids is 3. The number of para-hydroxylation sites is 1. The van der Waals surface area contributed by atoms with Crippen molar-refractivity contribution in [1.82, 2.24) is 4.90 Å². The molecule has 1 fully saturated rings. The topological polar surface area (TPSA) is 69.7 Å². The van der Waals surface area contributed by atoms with Gasteiger partial charge in [0, 0.05) is 17.8 Å². The quantitative estimate of drug-likeness (QED) is 0.255. The molecule has 0 aliphatic carbocycles. The predicted octanol–water partition coefficient (Wildman–Crippen LogP) is 5.83. The third kappa shape index (κ3) is 5.39. The van der Waals surface area contributed by atoms with Crippen LogP contribution in [0.2, 0.25) is 0 Å². The van der Waals surface area contributed by atoms with Crippen molar-refractivity contribution in [3.63, 3.8) is 0 Å². The highest BCUT2D eigenvalue weighted by molar-refractivity contribution is 8.26. The van der Waals surface area contributed by atoms with Crippen molar-refractivity contribution >= 4 is 63.0 Å². The van der Waals surface area contributed by atoms with Crippen molar-refractivity contribution < 1.29 is 14.4 Å². The molecule has 2 aromatic rings. The summed E-state index contributed by atoms with van der Waals surface area (Å²) in [4.78, 5) is 43.3. The molecule has 2 aliphatic heterocycles. The van der Waals surface area contributed by atoms with E-state index in [4.69, 9.17) is 12.2 Å². The molecule has 0 unspecified atom stereocenters. The van der Waals surface area contributed by atoms with E-state index in [0.717, 1.165) is 36.8 Å². The second-order valence-electron chi connectivity index (χ2n) is 9.22. The molecule has 1 N–H and O–H groups in total. The number of anilines is 2. The number of carbonyl (C=O) groups is 3. The van der Waals surface area contributed by atoms with E-state index in [1.165, 1.54) is 23.1 Å². The van der Waals surface area contributed by atoms with Crippen molar-refractivity contribution in [2.75, 3.05) is 23.3 Å². The molecule has 0 bridgehead atoms. The van der Waals surface area contributed by atoms with Crippen LogP contribution in [0.4, 0.5) is 11.4 Å². The number of thiocarbonyl (C=S) groups is 1. The Morgan fingerprint density at radius 1 is 0.972 bits per heavy atom. The van der Waals surface area contributed by atoms with Crippen LogP contribution < -0.4 is 10.2 Å². The number of hydrogen-bond donors (Lipinski definition) is 1. The van der Waals surface area contributed by atoms with Crippen LogP contribution in [0.5, 0.6) is 0 Å². The van der Waals surface area contributed by atoms with Gasteiger partial charge in [-0.05, 0) is 38.0 Å². The second-order valence-corrected chi connectivity index (χ2v) is 10.9. The summed E-state index contributed by atoms with van der Waals surface area (Å²) in [7, 11) is 0. The summed E-state index contributed by atoms with van der Waals surface area (Å²) >= 11 is 6.69. The Hall–Kier alpha value is -2.97. The molecule has 0 atom stereocenters. The smallest absolute Gasteiger partial charge is 0.267 e. The van der Waals surface area contributed by atoms with Gasteiger partial charge in [0.2, 0.25) is 5.91 Å². The van der Waals surface area contributed by atoms with E-state index in [1.807, 2.05) is 50.2 Å². The lowest BCUT2D eigenvalue weighted by Gasteiger charge is -2.17. The summed E-state index contributed by atoms with van der Waals surface area (Å²) in [5.41, 5.74) is 4.39. The lowest BCUT2D eigenvalue weighted by Crippen LogP contribution is -2.35. The van der Waals surface area contributed by atoms with Gasteiger partial charge in [-0.2, -0.15) is 0 Å². The molecule has 6 nitrogen and oxygen atoms in total. The number of rotatable bonds is 9. The van der Waals surface area contributed by atoms with Crippen LogP contribution in [-0.2, 0) is 14.4 Å². The Labute approximate surface area is 222 Å². The van der Waals surface area contributed by atoms with Crippen molar-refractivity contribution in [2.45, 2.75) is 52.9 Å². The van der Waals surface area contributed by atoms with Gasteiger partial charge in [0.15, 0.2) is 0 Å². The zero-order valence-electron chi connectivity index (χ0n) is 20.9. The third-order valence-corrected chi connectivity index (χ3v) is 7.89. The van der Waals surface area contributed by atoms with Crippen LogP contribution in [0.3, 0.4) is 0 Å². The lowest BCUT2D eigenvalue weighted by atomic mass is 10.1. The summed E-state index contributed by atoms with van der Waals surface area (Å²) in [5.74, 6) is -0.873. The highest BCUT2D eigenvalue weighted by Crippen LogP contribution is 2.44. The molecule has 0 aromatic heterocycles. The van der Waals surface area contributed by atoms with E-state index >= 15 is 0 Å². The minimum atomic E-state index is -0.351. The molecule has 1 saturated heterocycles. The van der Waals surface area contributed by atoms with Gasteiger partial charge in [-0.25, -0.2) is 0 Å². The molecular formula is C28H31N3O3S2. The molecule has 0 radical (unpaired) electrons. The molecule has 0 spiro atoms. The highest BCUT2D eigenvalue weighted by Gasteiger charge is 2.42. The summed E-state index contributed by atoms with van der Waals surface area (Å²) in [6.45, 7) is 6.51. The fraction of sp³-hybridized carbons (Fsp3) is 0.357. The first-order valence-electron chi connectivity index (χ1n) is 12.4. The van der Waals surface area contributed by atoms with Gasteiger partial charge in [0.25, 0.3) is 11.8 Å². The highest BCUT2D eigenvalue weighted by atomic mass is 32.2. The van der Waals surface area contributed by atoms with Crippen molar-refractivity contribution in [3.8, 4) is 0 Å². The Morgan fingerprint density at radius 3 is 2.47 bits per heavy atom. The van der Waals surface area contributed by atoms with Gasteiger partial charge in [-0.15, -0.1) is 0 Å². The Balaban J connectivity index is 1.54. The summed E-state index contributed by atoms with van der Waals surface area (Å²) in [6, 6.07) is 13.1. The SMILES string of the molecule is CCCCCCCN1C(=O)C(=C2C(=O)N(CC(=O)Nc3ccc(C)cc3C)c3ccccc32)SC1=S. The van der Waals surface area contributed by atoms with Crippen LogP contribution in [0, 0.1) is 13.8 Å². The number of thioether (sulfide) groups is 1. The maximum absolute atomic E-state index is 13.6. The number of nitrogens with zero attached hydrogens (tertiary/aromatic N) is 2. The molecule has 2 aliphatic rings. The van der Waals surface area contributed by atoms with Gasteiger partial charge in [-0.3, -0.25) is 24.2 Å². The second kappa shape index (κ2) is 11.4. The molecule has 2 heterocycles. The van der Waals surface area contributed by atoms with Gasteiger partial charge < -0.3 is 5.32 Å². The summed E-state index contributed by atoms with van der Waals surface area (Å²) in [6.07, 6.45) is 5.40. The fourth-order valence-corrected chi connectivity index (χ4v) is 5.94. The largest absolute Gasteiger partial charge is 0.324 e. The number of aryl methyl sites for hydroxylation is 2. The number of hydrogen-bond acceptors (Lipinski definition) is 5. The number of nitrogens with one attached hydrogen (secondary N) is 1. The fourth-order valence-electron chi connectivity index (χ4n) is 4.56. The predicted molar refractivity (Wildman–Crippen MR) is 151 cm³/mol. The Kier molecular flexibility index (Phi) is 8.26. The molecule has 0 saturated carbocycles. The van der Waals surface area contributed by atoms with Gasteiger partial charge in [-0.1, -0.05) is 92.5 Å². The molecular weight excluding hydrogens is 490 g/mol. The van der Waals surface area contributed by atoms with E-state index in [2.05, 4.69) is 12.2 Å². The lowest BCUT2D eigenvalue weighted by molar-refractivity contribution is -0.122. The number of benzene rings is 2. The third-order valence-electron chi connectivity index (χ3n) is 6.44. The van der Waals surface area contributed by atoms with E-state index < -0.39 is 0 Å². The van der Waals surface area contributed by atoms with Gasteiger partial charge in [0.05, 0.1) is 16.2 Å². The molecule has 3 amide bonds. The van der Waals surface area contributed by atoms with E-state index in [9.17, 15) is 14.4 Å². The monoisotopic (exact) mass is 521 g/mol. The standard InChI is InChI=1S/C28H31N3O3S2/c1-4-5-6-7-10-15-30-27(34)25(36-28(30)35)24-20-11-8-9-12-22(20)31(26(24)33)17-23(32)29-21-14-13-18(2)16-19(21)3/h8-9,11-14,16H,4-7,10,15,17H2,1-3H3,(H,29,32). The van der Waals surface area contributed by atoms with E-state index in [0.29, 0.717) is 38.3 Å². The maximum atomic E-state index is 13.6. The molecule has 188 valence electrons. The van der Waals surface area contributed by atoms with Gasteiger partial charge in [0.1, 0.15) is 10.9 Å². The summed E-state index contributed by atoms with van der Waals surface area (Å²) in [5, 5.41) is 2.91. The normalized spacial score (nSPS) is 17.2. The average Bonchev–Trinajstić information content (AvgIpc) is 3.28.